The predicted molar refractivity (Wildman–Crippen MR) is 113 cm³/mol. The lowest BCUT2D eigenvalue weighted by Gasteiger charge is -2.31. The van der Waals surface area contributed by atoms with Gasteiger partial charge in [0.2, 0.25) is 5.91 Å². The molecule has 31 heavy (non-hydrogen) atoms. The number of nitrogens with zero attached hydrogens (tertiary/aromatic N) is 2. The third-order valence-corrected chi connectivity index (χ3v) is 8.85. The molecule has 0 spiro atoms. The summed E-state index contributed by atoms with van der Waals surface area (Å²) >= 11 is 1.12. The first kappa shape index (κ1) is 21.5. The van der Waals surface area contributed by atoms with Gasteiger partial charge in [-0.05, 0) is 36.8 Å². The van der Waals surface area contributed by atoms with E-state index in [0.717, 1.165) is 11.3 Å². The molecule has 4 amide bonds. The number of carbonyl (C=O) groups excluding carboxylic acids is 3. The standard InChI is InChI=1S/C20H22N4O5S2/c1-20(15-8-3-2-4-9-15)18(26)24(19(27)21-20)22-17(25)14-7-5-11-23(13-14)31(28,29)16-10-6-12-30-16/h2-4,6,8-10,12,14H,5,7,11,13H2,1H3,(H,21,27)(H,22,25)/t14-,20-/m1/s1. The van der Waals surface area contributed by atoms with Crippen molar-refractivity contribution in [1.29, 1.82) is 0 Å². The number of hydrogen-bond acceptors (Lipinski definition) is 6. The van der Waals surface area contributed by atoms with E-state index in [1.54, 1.807) is 48.7 Å². The zero-order valence-electron chi connectivity index (χ0n) is 16.8. The maximum Gasteiger partial charge on any atom is 0.344 e. The molecule has 2 aliphatic rings. The van der Waals surface area contributed by atoms with Gasteiger partial charge in [-0.1, -0.05) is 36.4 Å². The molecule has 1 aromatic carbocycles. The molecule has 0 unspecified atom stereocenters. The average molecular weight is 463 g/mol. The van der Waals surface area contributed by atoms with Crippen LogP contribution in [0, 0.1) is 5.92 Å². The molecule has 2 N–H and O–H groups in total. The summed E-state index contributed by atoms with van der Waals surface area (Å²) in [5, 5.41) is 4.99. The lowest BCUT2D eigenvalue weighted by Crippen LogP contribution is -2.52. The first-order chi connectivity index (χ1) is 14.7. The van der Waals surface area contributed by atoms with Crippen molar-refractivity contribution < 1.29 is 22.8 Å². The monoisotopic (exact) mass is 462 g/mol. The minimum Gasteiger partial charge on any atom is -0.318 e. The van der Waals surface area contributed by atoms with E-state index in [9.17, 15) is 22.8 Å². The van der Waals surface area contributed by atoms with Gasteiger partial charge < -0.3 is 5.32 Å². The summed E-state index contributed by atoms with van der Waals surface area (Å²) in [6, 6.07) is 11.2. The molecule has 9 nitrogen and oxygen atoms in total. The van der Waals surface area contributed by atoms with Crippen molar-refractivity contribution in [3.8, 4) is 0 Å². The largest absolute Gasteiger partial charge is 0.344 e. The third kappa shape index (κ3) is 3.84. The number of amides is 4. The molecule has 1 aromatic heterocycles. The van der Waals surface area contributed by atoms with Crippen LogP contribution < -0.4 is 10.7 Å². The Labute approximate surface area is 184 Å². The molecule has 2 atom stereocenters. The third-order valence-electron chi connectivity index (χ3n) is 5.61. The topological polar surface area (TPSA) is 116 Å². The summed E-state index contributed by atoms with van der Waals surface area (Å²) in [5.41, 5.74) is 1.69. The highest BCUT2D eigenvalue weighted by atomic mass is 32.2. The Kier molecular flexibility index (Phi) is 5.58. The van der Waals surface area contributed by atoms with E-state index in [1.807, 2.05) is 0 Å². The van der Waals surface area contributed by atoms with Gasteiger partial charge in [-0.3, -0.25) is 15.0 Å². The van der Waals surface area contributed by atoms with Crippen LogP contribution >= 0.6 is 11.3 Å². The van der Waals surface area contributed by atoms with Crippen molar-refractivity contribution in [3.05, 3.63) is 53.4 Å². The van der Waals surface area contributed by atoms with Crippen LogP contribution in [0.4, 0.5) is 4.79 Å². The molecule has 4 rings (SSSR count). The minimum atomic E-state index is -3.68. The van der Waals surface area contributed by atoms with Crippen LogP contribution in [0.1, 0.15) is 25.3 Å². The molecule has 3 heterocycles. The number of hydrazine groups is 1. The number of piperidine rings is 1. The van der Waals surface area contributed by atoms with Gasteiger partial charge in [0, 0.05) is 13.1 Å². The van der Waals surface area contributed by atoms with Crippen molar-refractivity contribution in [2.24, 2.45) is 5.92 Å². The van der Waals surface area contributed by atoms with Crippen molar-refractivity contribution in [2.75, 3.05) is 13.1 Å². The first-order valence-corrected chi connectivity index (χ1v) is 12.1. The zero-order chi connectivity index (χ0) is 22.2. The van der Waals surface area contributed by atoms with Crippen molar-refractivity contribution in [1.82, 2.24) is 20.1 Å². The average Bonchev–Trinajstić information content (AvgIpc) is 3.39. The second kappa shape index (κ2) is 8.06. The van der Waals surface area contributed by atoms with E-state index in [1.165, 1.54) is 10.4 Å². The van der Waals surface area contributed by atoms with Crippen LogP contribution in [0.2, 0.25) is 0 Å². The molecule has 2 saturated heterocycles. The highest BCUT2D eigenvalue weighted by Gasteiger charge is 2.50. The van der Waals surface area contributed by atoms with Crippen LogP contribution in [0.15, 0.2) is 52.1 Å². The number of nitrogens with one attached hydrogen (secondary N) is 2. The van der Waals surface area contributed by atoms with Crippen LogP contribution in [0.25, 0.3) is 0 Å². The smallest absolute Gasteiger partial charge is 0.318 e. The van der Waals surface area contributed by atoms with Crippen molar-refractivity contribution in [2.45, 2.75) is 29.5 Å². The molecule has 2 fully saturated rings. The summed E-state index contributed by atoms with van der Waals surface area (Å²) in [6.45, 7) is 1.88. The van der Waals surface area contributed by atoms with E-state index in [0.29, 0.717) is 30.0 Å². The normalized spacial score (nSPS) is 24.8. The fourth-order valence-electron chi connectivity index (χ4n) is 3.82. The Bertz CT molecular complexity index is 1100. The number of carbonyl (C=O) groups is 3. The summed E-state index contributed by atoms with van der Waals surface area (Å²) in [4.78, 5) is 38.3. The molecule has 164 valence electrons. The fourth-order valence-corrected chi connectivity index (χ4v) is 6.49. The summed E-state index contributed by atoms with van der Waals surface area (Å²) in [6.07, 6.45) is 0.965. The van der Waals surface area contributed by atoms with Crippen LogP contribution in [-0.4, -0.2) is 48.7 Å². The molecular formula is C20H22N4O5S2. The predicted octanol–water partition coefficient (Wildman–Crippen LogP) is 1.65. The molecule has 0 radical (unpaired) electrons. The van der Waals surface area contributed by atoms with Gasteiger partial charge in [-0.2, -0.15) is 9.31 Å². The number of benzene rings is 1. The Morgan fingerprint density at radius 3 is 2.61 bits per heavy atom. The van der Waals surface area contributed by atoms with Gasteiger partial charge in [0.05, 0.1) is 5.92 Å². The molecule has 0 saturated carbocycles. The number of urea groups is 1. The maximum atomic E-state index is 13.0. The van der Waals surface area contributed by atoms with Crippen molar-refractivity contribution in [3.63, 3.8) is 0 Å². The second-order valence-electron chi connectivity index (χ2n) is 7.67. The number of hydrogen-bond donors (Lipinski definition) is 2. The first-order valence-electron chi connectivity index (χ1n) is 9.80. The van der Waals surface area contributed by atoms with Gasteiger partial charge in [0.15, 0.2) is 0 Å². The Morgan fingerprint density at radius 2 is 1.94 bits per heavy atom. The summed E-state index contributed by atoms with van der Waals surface area (Å²) in [5.74, 6) is -1.84. The molecule has 11 heteroatoms. The van der Waals surface area contributed by atoms with E-state index in [2.05, 4.69) is 10.7 Å². The van der Waals surface area contributed by atoms with Gasteiger partial charge in [0.25, 0.3) is 15.9 Å². The van der Waals surface area contributed by atoms with Crippen LogP contribution in [0.5, 0.6) is 0 Å². The molecular weight excluding hydrogens is 440 g/mol. The van der Waals surface area contributed by atoms with E-state index < -0.39 is 39.3 Å². The second-order valence-corrected chi connectivity index (χ2v) is 10.8. The van der Waals surface area contributed by atoms with Crippen LogP contribution in [0.3, 0.4) is 0 Å². The zero-order valence-corrected chi connectivity index (χ0v) is 18.4. The van der Waals surface area contributed by atoms with Crippen LogP contribution in [-0.2, 0) is 25.2 Å². The highest BCUT2D eigenvalue weighted by Crippen LogP contribution is 2.29. The fraction of sp³-hybridized carbons (Fsp3) is 0.350. The highest BCUT2D eigenvalue weighted by molar-refractivity contribution is 7.91. The number of sulfonamides is 1. The molecule has 0 aliphatic carbocycles. The Morgan fingerprint density at radius 1 is 1.19 bits per heavy atom. The summed E-state index contributed by atoms with van der Waals surface area (Å²) < 4.78 is 27.1. The molecule has 2 aromatic rings. The van der Waals surface area contributed by atoms with Gasteiger partial charge in [-0.15, -0.1) is 11.3 Å². The molecule has 0 bridgehead atoms. The Balaban J connectivity index is 1.47. The number of thiophene rings is 1. The van der Waals surface area contributed by atoms with Gasteiger partial charge in [0.1, 0.15) is 9.75 Å². The van der Waals surface area contributed by atoms with Gasteiger partial charge >= 0.3 is 6.03 Å². The Hall–Kier alpha value is -2.76. The minimum absolute atomic E-state index is 0.00826. The van der Waals surface area contributed by atoms with Gasteiger partial charge in [-0.25, -0.2) is 13.2 Å². The van der Waals surface area contributed by atoms with E-state index >= 15 is 0 Å². The summed E-state index contributed by atoms with van der Waals surface area (Å²) in [7, 11) is -3.68. The number of rotatable bonds is 5. The maximum absolute atomic E-state index is 13.0. The lowest BCUT2D eigenvalue weighted by atomic mass is 9.92. The SMILES string of the molecule is C[C@]1(c2ccccc2)NC(=O)N(NC(=O)[C@@H]2CCCN(S(=O)(=O)c3cccs3)C2)C1=O. The van der Waals surface area contributed by atoms with E-state index in [4.69, 9.17) is 0 Å². The molecule has 2 aliphatic heterocycles. The quantitative estimate of drug-likeness (QED) is 0.656. The number of imide groups is 1. The van der Waals surface area contributed by atoms with E-state index in [-0.39, 0.29) is 10.8 Å². The van der Waals surface area contributed by atoms with Crippen molar-refractivity contribution >= 4 is 39.2 Å². The lowest BCUT2D eigenvalue weighted by molar-refractivity contribution is -0.141.